The number of carbonyl (C=O) groups excluding carboxylic acids is 1. The van der Waals surface area contributed by atoms with E-state index in [4.69, 9.17) is 23.9 Å². The maximum Gasteiger partial charge on any atom is 0.431 e. The molecule has 1 aromatic rings. The third kappa shape index (κ3) is 13.1. The number of amides is 1. The molecular weight excluding hydrogens is 499 g/mol. The van der Waals surface area contributed by atoms with Crippen LogP contribution in [0.4, 0.5) is 10.5 Å². The average Bonchev–Trinajstić information content (AvgIpc) is 2.85. The summed E-state index contributed by atoms with van der Waals surface area (Å²) in [4.78, 5) is 27.7. The van der Waals surface area contributed by atoms with Gasteiger partial charge in [0.1, 0.15) is 6.61 Å². The van der Waals surface area contributed by atoms with E-state index < -0.39 is 19.5 Å². The molecule has 11 nitrogen and oxygen atoms in total. The van der Waals surface area contributed by atoms with Crippen molar-refractivity contribution in [2.45, 2.75) is 84.7 Å². The number of nitro groups is 1. The van der Waals surface area contributed by atoms with Crippen LogP contribution in [-0.2, 0) is 18.6 Å². The number of unbranched alkanes of at least 4 members (excludes halogenated alkanes) is 3. The molecule has 2 atom stereocenters. The summed E-state index contributed by atoms with van der Waals surface area (Å²) >= 11 is 0. The van der Waals surface area contributed by atoms with Gasteiger partial charge in [0.05, 0.1) is 37.2 Å². The summed E-state index contributed by atoms with van der Waals surface area (Å²) in [5.74, 6) is -0.333. The zero-order chi connectivity index (χ0) is 27.6. The molecule has 12 heteroatoms. The van der Waals surface area contributed by atoms with Crippen LogP contribution in [0, 0.1) is 21.4 Å². The van der Waals surface area contributed by atoms with Crippen molar-refractivity contribution >= 4 is 20.3 Å². The molecule has 1 aromatic carbocycles. The lowest BCUT2D eigenvalue weighted by molar-refractivity contribution is -0.385. The predicted octanol–water partition coefficient (Wildman–Crippen LogP) is 6.21. The molecule has 0 aromatic heterocycles. The number of nitrogens with zero attached hydrogens (tertiary/aromatic N) is 3. The highest BCUT2D eigenvalue weighted by Gasteiger charge is 2.27. The van der Waals surface area contributed by atoms with Crippen molar-refractivity contribution in [2.75, 3.05) is 26.4 Å². The first-order valence-corrected chi connectivity index (χ1v) is 13.8. The van der Waals surface area contributed by atoms with Crippen LogP contribution in [0.3, 0.4) is 0 Å². The van der Waals surface area contributed by atoms with Crippen LogP contribution in [0.15, 0.2) is 24.3 Å². The van der Waals surface area contributed by atoms with Crippen molar-refractivity contribution in [2.24, 2.45) is 0 Å². The zero-order valence-corrected chi connectivity index (χ0v) is 23.4. The van der Waals surface area contributed by atoms with Crippen LogP contribution in [0.1, 0.15) is 78.2 Å². The van der Waals surface area contributed by atoms with E-state index in [1.165, 1.54) is 6.07 Å². The molecule has 0 bridgehead atoms. The largest absolute Gasteiger partial charge is 0.447 e. The Hall–Kier alpha value is -2.35. The van der Waals surface area contributed by atoms with Crippen molar-refractivity contribution < 1.29 is 28.3 Å². The Balaban J connectivity index is 2.21. The van der Waals surface area contributed by atoms with Crippen molar-refractivity contribution in [3.63, 3.8) is 0 Å². The van der Waals surface area contributed by atoms with Gasteiger partial charge in [-0.15, -0.1) is 0 Å². The number of nitrogens with one attached hydrogen (secondary N) is 1. The highest BCUT2D eigenvalue weighted by Crippen LogP contribution is 2.46. The molecule has 0 aliphatic heterocycles. The zero-order valence-electron chi connectivity index (χ0n) is 22.6. The first-order chi connectivity index (χ1) is 17.7. The Labute approximate surface area is 221 Å². The van der Waals surface area contributed by atoms with Gasteiger partial charge >= 0.3 is 6.09 Å². The van der Waals surface area contributed by atoms with Gasteiger partial charge in [0.25, 0.3) is 14.2 Å². The number of hydrogen-bond donors (Lipinski definition) is 1. The predicted molar refractivity (Wildman–Crippen MR) is 142 cm³/mol. The number of rotatable bonds is 19. The van der Waals surface area contributed by atoms with E-state index in [0.29, 0.717) is 31.8 Å². The topological polar surface area (TPSA) is 136 Å². The number of nitriles is 1. The van der Waals surface area contributed by atoms with Crippen LogP contribution in [0.5, 0.6) is 0 Å². The lowest BCUT2D eigenvalue weighted by Crippen LogP contribution is -2.33. The van der Waals surface area contributed by atoms with E-state index in [9.17, 15) is 14.9 Å². The van der Waals surface area contributed by atoms with Gasteiger partial charge in [0, 0.05) is 29.6 Å². The summed E-state index contributed by atoms with van der Waals surface area (Å²) in [5.41, 5.74) is 2.75. The summed E-state index contributed by atoms with van der Waals surface area (Å²) in [7, 11) is -1.22. The number of hydrogen-bond acceptors (Lipinski definition) is 9. The minimum absolute atomic E-state index is 0.000894. The lowest BCUT2D eigenvalue weighted by atomic mass is 10.0. The van der Waals surface area contributed by atoms with Gasteiger partial charge in [-0.1, -0.05) is 38.0 Å². The molecule has 0 radical (unpaired) electrons. The Bertz CT molecular complexity index is 843. The van der Waals surface area contributed by atoms with Crippen LogP contribution < -0.4 is 5.48 Å². The van der Waals surface area contributed by atoms with E-state index in [0.717, 1.165) is 25.7 Å². The summed E-state index contributed by atoms with van der Waals surface area (Å²) < 4.78 is 19.2. The Morgan fingerprint density at radius 1 is 1.05 bits per heavy atom. The second kappa shape index (κ2) is 18.8. The van der Waals surface area contributed by atoms with Crippen LogP contribution in [0.25, 0.3) is 0 Å². The Morgan fingerprint density at radius 3 is 2.30 bits per heavy atom. The summed E-state index contributed by atoms with van der Waals surface area (Å²) in [6.45, 7) is 11.4. The number of benzene rings is 1. The highest BCUT2D eigenvalue weighted by molar-refractivity contribution is 7.44. The molecule has 0 aliphatic rings. The van der Waals surface area contributed by atoms with Crippen molar-refractivity contribution in [1.82, 2.24) is 10.2 Å². The van der Waals surface area contributed by atoms with Crippen LogP contribution in [-0.4, -0.2) is 54.2 Å². The van der Waals surface area contributed by atoms with Gasteiger partial charge in [-0.25, -0.2) is 9.46 Å². The molecular formula is C25H41N4O7P. The summed E-state index contributed by atoms with van der Waals surface area (Å²) in [6.07, 6.45) is 3.06. The molecule has 1 N–H and O–H groups in total. The third-order valence-corrected chi connectivity index (χ3v) is 7.40. The van der Waals surface area contributed by atoms with Gasteiger partial charge in [-0.2, -0.15) is 10.7 Å². The van der Waals surface area contributed by atoms with Gasteiger partial charge < -0.3 is 13.8 Å². The Morgan fingerprint density at radius 2 is 1.68 bits per heavy atom. The molecule has 2 unspecified atom stereocenters. The van der Waals surface area contributed by atoms with E-state index in [-0.39, 0.29) is 30.3 Å². The maximum absolute atomic E-state index is 11.8. The summed E-state index contributed by atoms with van der Waals surface area (Å²) in [5, 5.41) is 19.9. The highest BCUT2D eigenvalue weighted by atomic mass is 31.2. The maximum atomic E-state index is 11.8. The molecule has 0 saturated carbocycles. The lowest BCUT2D eigenvalue weighted by Gasteiger charge is -2.35. The van der Waals surface area contributed by atoms with Gasteiger partial charge in [0.2, 0.25) is 0 Å². The molecule has 1 amide bonds. The molecule has 1 rings (SSSR count). The van der Waals surface area contributed by atoms with Crippen molar-refractivity contribution in [3.05, 3.63) is 39.9 Å². The summed E-state index contributed by atoms with van der Waals surface area (Å²) in [6, 6.07) is 9.02. The van der Waals surface area contributed by atoms with Gasteiger partial charge in [0.15, 0.2) is 0 Å². The fourth-order valence-corrected chi connectivity index (χ4v) is 5.21. The minimum Gasteiger partial charge on any atom is -0.447 e. The van der Waals surface area contributed by atoms with E-state index >= 15 is 0 Å². The molecule has 0 heterocycles. The molecule has 208 valence electrons. The monoisotopic (exact) mass is 540 g/mol. The van der Waals surface area contributed by atoms with E-state index in [1.807, 2.05) is 0 Å². The second-order valence-corrected chi connectivity index (χ2v) is 10.5. The number of hydroxylamine groups is 1. The molecule has 0 aliphatic carbocycles. The Kier molecular flexibility index (Phi) is 16.6. The van der Waals surface area contributed by atoms with Crippen LogP contribution >= 0.6 is 8.53 Å². The quantitative estimate of drug-likeness (QED) is 0.0939. The first-order valence-electron chi connectivity index (χ1n) is 12.7. The number of ether oxygens (including phenoxy) is 1. The van der Waals surface area contributed by atoms with Gasteiger partial charge in [-0.05, 0) is 40.5 Å². The fourth-order valence-electron chi connectivity index (χ4n) is 3.59. The molecule has 0 saturated heterocycles. The standard InChI is InChI=1S/C25H41N4O7P/c1-20(2)28(21(3)4)37(36-18-12-15-26)35-17-11-7-6-10-16-34-27-25(30)33-19-22(5)23-13-8-9-14-24(23)29(31)32/h8-9,13-14,20-22H,6-7,10-12,16-19H2,1-5H3,(H,27,30). The third-order valence-electron chi connectivity index (χ3n) is 5.29. The molecule has 37 heavy (non-hydrogen) atoms. The average molecular weight is 541 g/mol. The minimum atomic E-state index is -1.22. The second-order valence-electron chi connectivity index (χ2n) is 9.06. The molecule has 0 spiro atoms. The van der Waals surface area contributed by atoms with Crippen LogP contribution in [0.2, 0.25) is 0 Å². The normalized spacial score (nSPS) is 12.9. The fraction of sp³-hybridized carbons (Fsp3) is 0.680. The van der Waals surface area contributed by atoms with E-state index in [2.05, 4.69) is 43.9 Å². The van der Waals surface area contributed by atoms with Gasteiger partial charge in [-0.3, -0.25) is 15.0 Å². The molecule has 0 fully saturated rings. The number of carbonyl (C=O) groups is 1. The van der Waals surface area contributed by atoms with Crippen molar-refractivity contribution in [1.29, 1.82) is 5.26 Å². The number of nitro benzene ring substituents is 1. The van der Waals surface area contributed by atoms with Crippen molar-refractivity contribution in [3.8, 4) is 6.07 Å². The number of para-hydroxylation sites is 1. The SMILES string of the molecule is CC(COC(=O)NOCCCCCCOP(OCCC#N)N(C(C)C)C(C)C)c1ccccc1[N+](=O)[O-]. The van der Waals surface area contributed by atoms with E-state index in [1.54, 1.807) is 25.1 Å². The first kappa shape index (κ1) is 32.7. The smallest absolute Gasteiger partial charge is 0.431 e.